The van der Waals surface area contributed by atoms with Crippen LogP contribution in [0.15, 0.2) is 29.2 Å². The van der Waals surface area contributed by atoms with Crippen LogP contribution in [0, 0.1) is 12.8 Å². The van der Waals surface area contributed by atoms with E-state index < -0.39 is 17.9 Å². The van der Waals surface area contributed by atoms with Crippen LogP contribution in [0.3, 0.4) is 0 Å². The molecular weight excluding hydrogens is 396 g/mol. The van der Waals surface area contributed by atoms with Gasteiger partial charge in [-0.05, 0) is 30.9 Å². The third-order valence-corrected chi connectivity index (χ3v) is 5.53. The molecule has 1 heterocycles. The minimum atomic E-state index is -1.06. The van der Waals surface area contributed by atoms with Crippen LogP contribution in [0.2, 0.25) is 0 Å². The number of hydrogen-bond donors (Lipinski definition) is 2. The van der Waals surface area contributed by atoms with Crippen molar-refractivity contribution in [3.8, 4) is 0 Å². The summed E-state index contributed by atoms with van der Waals surface area (Å²) in [5.41, 5.74) is 2.04. The van der Waals surface area contributed by atoms with Crippen LogP contribution < -0.4 is 5.32 Å². The molecule has 0 aromatic heterocycles. The predicted molar refractivity (Wildman–Crippen MR) is 115 cm³/mol. The highest BCUT2D eigenvalue weighted by Gasteiger charge is 2.32. The Morgan fingerprint density at radius 3 is 2.50 bits per heavy atom. The summed E-state index contributed by atoms with van der Waals surface area (Å²) in [5, 5.41) is 11.7. The predicted octanol–water partition coefficient (Wildman–Crippen LogP) is 3.20. The fraction of sp³-hybridized carbons (Fsp3) is 0.400. The van der Waals surface area contributed by atoms with Crippen LogP contribution in [0.25, 0.3) is 6.08 Å². The van der Waals surface area contributed by atoms with Crippen LogP contribution in [0.5, 0.6) is 0 Å². The second kappa shape index (κ2) is 9.84. The number of carboxylic acid groups (broad SMARTS) is 1. The largest absolute Gasteiger partial charge is 0.480 e. The van der Waals surface area contributed by atoms with Gasteiger partial charge in [-0.2, -0.15) is 0 Å². The Morgan fingerprint density at radius 1 is 1.29 bits per heavy atom. The summed E-state index contributed by atoms with van der Waals surface area (Å²) in [4.78, 5) is 37.9. The van der Waals surface area contributed by atoms with Crippen molar-refractivity contribution in [2.24, 2.45) is 5.92 Å². The van der Waals surface area contributed by atoms with Gasteiger partial charge in [-0.3, -0.25) is 14.5 Å². The minimum Gasteiger partial charge on any atom is -0.480 e. The van der Waals surface area contributed by atoms with Gasteiger partial charge in [0.15, 0.2) is 0 Å². The molecule has 6 nitrogen and oxygen atoms in total. The lowest BCUT2D eigenvalue weighted by atomic mass is 10.0. The molecule has 28 heavy (non-hydrogen) atoms. The SMILES string of the molecule is Cc1ccc(/C=C2/SC(=S)N(CCC(=O)NC(CC(C)C)C(=O)O)C2=O)cc1. The Balaban J connectivity index is 1.96. The zero-order chi connectivity index (χ0) is 20.8. The Morgan fingerprint density at radius 2 is 1.93 bits per heavy atom. The molecule has 1 saturated heterocycles. The number of carboxylic acids is 1. The molecule has 1 fully saturated rings. The van der Waals surface area contributed by atoms with Crippen LogP contribution in [-0.4, -0.2) is 44.7 Å². The quantitative estimate of drug-likeness (QED) is 0.496. The number of thiocarbonyl (C=S) groups is 1. The number of carbonyl (C=O) groups is 3. The molecule has 0 radical (unpaired) electrons. The molecule has 8 heteroatoms. The normalized spacial score (nSPS) is 16.7. The summed E-state index contributed by atoms with van der Waals surface area (Å²) in [7, 11) is 0. The molecule has 1 aromatic carbocycles. The van der Waals surface area contributed by atoms with Gasteiger partial charge in [-0.25, -0.2) is 4.79 Å². The highest BCUT2D eigenvalue weighted by molar-refractivity contribution is 8.26. The van der Waals surface area contributed by atoms with Crippen LogP contribution in [0.1, 0.15) is 37.8 Å². The van der Waals surface area contributed by atoms with Gasteiger partial charge in [0, 0.05) is 13.0 Å². The lowest BCUT2D eigenvalue weighted by Gasteiger charge is -2.18. The van der Waals surface area contributed by atoms with Crippen molar-refractivity contribution in [3.05, 3.63) is 40.3 Å². The van der Waals surface area contributed by atoms with Crippen molar-refractivity contribution in [1.82, 2.24) is 10.2 Å². The van der Waals surface area contributed by atoms with Crippen molar-refractivity contribution < 1.29 is 19.5 Å². The van der Waals surface area contributed by atoms with Gasteiger partial charge in [-0.15, -0.1) is 0 Å². The topological polar surface area (TPSA) is 86.7 Å². The van der Waals surface area contributed by atoms with Crippen molar-refractivity contribution in [1.29, 1.82) is 0 Å². The first kappa shape index (κ1) is 22.1. The maximum atomic E-state index is 12.6. The third kappa shape index (κ3) is 6.17. The molecule has 0 spiro atoms. The summed E-state index contributed by atoms with van der Waals surface area (Å²) >= 11 is 6.47. The van der Waals surface area contributed by atoms with Crippen LogP contribution in [0.4, 0.5) is 0 Å². The second-order valence-electron chi connectivity index (χ2n) is 7.08. The molecule has 2 amide bonds. The summed E-state index contributed by atoms with van der Waals surface area (Å²) in [6, 6.07) is 6.85. The molecule has 1 atom stereocenters. The molecule has 2 rings (SSSR count). The molecule has 2 N–H and O–H groups in total. The van der Waals surface area contributed by atoms with E-state index in [1.54, 1.807) is 6.08 Å². The smallest absolute Gasteiger partial charge is 0.326 e. The maximum Gasteiger partial charge on any atom is 0.326 e. The summed E-state index contributed by atoms with van der Waals surface area (Å²) < 4.78 is 0.396. The zero-order valence-electron chi connectivity index (χ0n) is 16.1. The zero-order valence-corrected chi connectivity index (χ0v) is 17.7. The molecule has 1 aliphatic rings. The number of nitrogens with one attached hydrogen (secondary N) is 1. The van der Waals surface area contributed by atoms with E-state index in [9.17, 15) is 19.5 Å². The lowest BCUT2D eigenvalue weighted by molar-refractivity contribution is -0.142. The van der Waals surface area contributed by atoms with Crippen molar-refractivity contribution in [3.63, 3.8) is 0 Å². The highest BCUT2D eigenvalue weighted by atomic mass is 32.2. The van der Waals surface area contributed by atoms with Gasteiger partial charge in [0.05, 0.1) is 4.91 Å². The number of benzene rings is 1. The van der Waals surface area contributed by atoms with E-state index >= 15 is 0 Å². The van der Waals surface area contributed by atoms with E-state index in [1.807, 2.05) is 45.0 Å². The number of carbonyl (C=O) groups excluding carboxylic acids is 2. The number of aryl methyl sites for hydroxylation is 1. The average molecular weight is 421 g/mol. The first-order chi connectivity index (χ1) is 13.2. The Kier molecular flexibility index (Phi) is 7.77. The monoisotopic (exact) mass is 420 g/mol. The molecule has 1 unspecified atom stereocenters. The standard InChI is InChI=1S/C20H24N2O4S2/c1-12(2)10-15(19(25)26)21-17(23)8-9-22-18(24)16(28-20(22)27)11-14-6-4-13(3)5-7-14/h4-7,11-12,15H,8-10H2,1-3H3,(H,21,23)(H,25,26)/b16-11+. The fourth-order valence-corrected chi connectivity index (χ4v) is 3.99. The van der Waals surface area contributed by atoms with Crippen molar-refractivity contribution in [2.75, 3.05) is 6.54 Å². The molecular formula is C20H24N2O4S2. The van der Waals surface area contributed by atoms with E-state index in [2.05, 4.69) is 5.32 Å². The fourth-order valence-electron chi connectivity index (χ4n) is 2.68. The summed E-state index contributed by atoms with van der Waals surface area (Å²) in [5.74, 6) is -1.57. The molecule has 150 valence electrons. The lowest BCUT2D eigenvalue weighted by Crippen LogP contribution is -2.43. The van der Waals surface area contributed by atoms with Gasteiger partial charge in [0.2, 0.25) is 5.91 Å². The third-order valence-electron chi connectivity index (χ3n) is 4.15. The van der Waals surface area contributed by atoms with Gasteiger partial charge in [-0.1, -0.05) is 67.7 Å². The molecule has 0 aliphatic carbocycles. The van der Waals surface area contributed by atoms with Gasteiger partial charge in [0.1, 0.15) is 10.4 Å². The average Bonchev–Trinajstić information content (AvgIpc) is 2.87. The number of nitrogens with zero attached hydrogens (tertiary/aromatic N) is 1. The van der Waals surface area contributed by atoms with Gasteiger partial charge in [0.25, 0.3) is 5.91 Å². The van der Waals surface area contributed by atoms with Gasteiger partial charge < -0.3 is 10.4 Å². The maximum absolute atomic E-state index is 12.6. The Bertz CT molecular complexity index is 803. The van der Waals surface area contributed by atoms with E-state index in [0.29, 0.717) is 15.6 Å². The van der Waals surface area contributed by atoms with Crippen LogP contribution >= 0.6 is 24.0 Å². The first-order valence-electron chi connectivity index (χ1n) is 9.01. The van der Waals surface area contributed by atoms with E-state index in [-0.39, 0.29) is 24.8 Å². The number of amides is 2. The molecule has 1 aromatic rings. The first-order valence-corrected chi connectivity index (χ1v) is 10.2. The Labute approximate surface area is 174 Å². The molecule has 1 aliphatic heterocycles. The molecule has 0 saturated carbocycles. The number of rotatable bonds is 8. The number of aliphatic carboxylic acids is 1. The minimum absolute atomic E-state index is 0.00781. The van der Waals surface area contributed by atoms with Crippen molar-refractivity contribution in [2.45, 2.75) is 39.7 Å². The molecule has 0 bridgehead atoms. The van der Waals surface area contributed by atoms with Gasteiger partial charge >= 0.3 is 5.97 Å². The number of hydrogen-bond acceptors (Lipinski definition) is 5. The summed E-state index contributed by atoms with van der Waals surface area (Å²) in [6.45, 7) is 5.89. The summed E-state index contributed by atoms with van der Waals surface area (Å²) in [6.07, 6.45) is 2.12. The highest BCUT2D eigenvalue weighted by Crippen LogP contribution is 2.32. The Hall–Kier alpha value is -2.19. The second-order valence-corrected chi connectivity index (χ2v) is 8.76. The number of thioether (sulfide) groups is 1. The van der Waals surface area contributed by atoms with E-state index in [4.69, 9.17) is 12.2 Å². The van der Waals surface area contributed by atoms with E-state index in [0.717, 1.165) is 11.1 Å². The van der Waals surface area contributed by atoms with Crippen LogP contribution in [-0.2, 0) is 14.4 Å². The van der Waals surface area contributed by atoms with Crippen molar-refractivity contribution >= 4 is 52.2 Å². The van der Waals surface area contributed by atoms with E-state index in [1.165, 1.54) is 16.7 Å².